The normalized spacial score (nSPS) is 23.1. The van der Waals surface area contributed by atoms with Crippen LogP contribution >= 0.6 is 0 Å². The van der Waals surface area contributed by atoms with Gasteiger partial charge in [0, 0.05) is 56.6 Å². The summed E-state index contributed by atoms with van der Waals surface area (Å²) in [5, 5.41) is 10.5. The number of carbonyl (C=O) groups excluding carboxylic acids is 2. The first-order valence-corrected chi connectivity index (χ1v) is 12.9. The lowest BCUT2D eigenvalue weighted by molar-refractivity contribution is -0.170. The average Bonchev–Trinajstić information content (AvgIpc) is 3.27. The number of hydrogen-bond donors (Lipinski definition) is 1. The lowest BCUT2D eigenvalue weighted by Crippen LogP contribution is -2.43. The minimum atomic E-state index is -0.611. The number of aliphatic hydroxyl groups is 1. The Morgan fingerprint density at radius 2 is 1.94 bits per heavy atom. The summed E-state index contributed by atoms with van der Waals surface area (Å²) in [4.78, 5) is 27.8. The second-order valence-corrected chi connectivity index (χ2v) is 9.73. The molecule has 1 aromatic heterocycles. The van der Waals surface area contributed by atoms with Crippen LogP contribution in [0.1, 0.15) is 75.1 Å². The molecule has 1 aliphatic carbocycles. The maximum atomic E-state index is 13.6. The first-order valence-electron chi connectivity index (χ1n) is 12.9. The molecule has 0 bridgehead atoms. The molecular formula is C28H38N2O5. The van der Waals surface area contributed by atoms with Crippen LogP contribution in [0.4, 0.5) is 0 Å². The Bertz CT molecular complexity index is 1070. The molecule has 1 fully saturated rings. The van der Waals surface area contributed by atoms with Crippen molar-refractivity contribution < 1.29 is 24.2 Å². The van der Waals surface area contributed by atoms with Crippen molar-refractivity contribution in [1.82, 2.24) is 9.47 Å². The van der Waals surface area contributed by atoms with E-state index in [-0.39, 0.29) is 36.3 Å². The van der Waals surface area contributed by atoms with Gasteiger partial charge in [-0.15, -0.1) is 0 Å². The van der Waals surface area contributed by atoms with Crippen molar-refractivity contribution in [1.29, 1.82) is 0 Å². The number of nitrogens with zero attached hydrogens (tertiary/aromatic N) is 2. The van der Waals surface area contributed by atoms with E-state index >= 15 is 0 Å². The van der Waals surface area contributed by atoms with Gasteiger partial charge in [-0.1, -0.05) is 37.5 Å². The van der Waals surface area contributed by atoms with Crippen LogP contribution in [0.3, 0.4) is 0 Å². The standard InChI is InChI=1S/C28H38N2O5/c1-4-34-28-22(14-10-16-31)23(24-18-30(19(2)32)25-15-9-8-13-21(24)25)17-26(35-28)27(33)29(3)20-11-6-5-7-12-20/h8-9,13,15,17-18,20,22-23,28,31H,4-7,10-12,14,16H2,1-3H3/t22-,23+,28-/m1/s1. The van der Waals surface area contributed by atoms with Crippen molar-refractivity contribution in [2.24, 2.45) is 5.92 Å². The van der Waals surface area contributed by atoms with E-state index in [0.717, 1.165) is 42.1 Å². The molecule has 0 saturated heterocycles. The Morgan fingerprint density at radius 3 is 2.63 bits per heavy atom. The third kappa shape index (κ3) is 5.31. The van der Waals surface area contributed by atoms with Crippen LogP contribution in [0.2, 0.25) is 0 Å². The van der Waals surface area contributed by atoms with Gasteiger partial charge in [0.1, 0.15) is 0 Å². The van der Waals surface area contributed by atoms with Gasteiger partial charge in [-0.25, -0.2) is 0 Å². The number of benzene rings is 1. The topological polar surface area (TPSA) is 81.0 Å². The number of para-hydroxylation sites is 1. The molecule has 0 radical (unpaired) electrons. The van der Waals surface area contributed by atoms with Crippen molar-refractivity contribution in [3.63, 3.8) is 0 Å². The summed E-state index contributed by atoms with van der Waals surface area (Å²) in [6.07, 6.45) is 9.99. The molecule has 1 amide bonds. The van der Waals surface area contributed by atoms with Crippen LogP contribution in [0.25, 0.3) is 10.9 Å². The summed E-state index contributed by atoms with van der Waals surface area (Å²) in [6, 6.07) is 8.06. The van der Waals surface area contributed by atoms with Gasteiger partial charge in [-0.2, -0.15) is 0 Å². The smallest absolute Gasteiger partial charge is 0.288 e. The summed E-state index contributed by atoms with van der Waals surface area (Å²) >= 11 is 0. The zero-order valence-corrected chi connectivity index (χ0v) is 21.1. The fourth-order valence-electron chi connectivity index (χ4n) is 5.65. The maximum Gasteiger partial charge on any atom is 0.288 e. The van der Waals surface area contributed by atoms with E-state index < -0.39 is 6.29 Å². The van der Waals surface area contributed by atoms with E-state index in [4.69, 9.17) is 9.47 Å². The Hall–Kier alpha value is -2.64. The number of rotatable bonds is 8. The summed E-state index contributed by atoms with van der Waals surface area (Å²) in [5.74, 6) is -0.185. The molecule has 35 heavy (non-hydrogen) atoms. The second-order valence-electron chi connectivity index (χ2n) is 9.73. The lowest BCUT2D eigenvalue weighted by Gasteiger charge is -2.39. The summed E-state index contributed by atoms with van der Waals surface area (Å²) in [7, 11) is 1.87. The highest BCUT2D eigenvalue weighted by atomic mass is 16.7. The monoisotopic (exact) mass is 482 g/mol. The Labute approximate surface area is 207 Å². The van der Waals surface area contributed by atoms with Crippen molar-refractivity contribution in [2.75, 3.05) is 20.3 Å². The van der Waals surface area contributed by atoms with Gasteiger partial charge < -0.3 is 19.5 Å². The molecule has 1 aromatic carbocycles. The summed E-state index contributed by atoms with van der Waals surface area (Å²) in [6.45, 7) is 3.98. The third-order valence-corrected chi connectivity index (χ3v) is 7.51. The molecule has 0 unspecified atom stereocenters. The zero-order chi connectivity index (χ0) is 24.9. The number of carbonyl (C=O) groups is 2. The van der Waals surface area contributed by atoms with E-state index in [1.807, 2.05) is 55.4 Å². The van der Waals surface area contributed by atoms with Crippen LogP contribution in [0, 0.1) is 5.92 Å². The number of ether oxygens (including phenoxy) is 2. The highest BCUT2D eigenvalue weighted by molar-refractivity contribution is 5.95. The van der Waals surface area contributed by atoms with Gasteiger partial charge in [0.05, 0.1) is 5.52 Å². The number of hydrogen-bond acceptors (Lipinski definition) is 5. The largest absolute Gasteiger partial charge is 0.459 e. The Balaban J connectivity index is 1.78. The molecule has 1 saturated carbocycles. The van der Waals surface area contributed by atoms with Crippen LogP contribution in [-0.4, -0.2) is 59.0 Å². The summed E-state index contributed by atoms with van der Waals surface area (Å²) < 4.78 is 13.9. The van der Waals surface area contributed by atoms with E-state index in [1.54, 1.807) is 11.5 Å². The number of aromatic nitrogens is 1. The lowest BCUT2D eigenvalue weighted by atomic mass is 9.80. The fraction of sp³-hybridized carbons (Fsp3) is 0.571. The van der Waals surface area contributed by atoms with Crippen molar-refractivity contribution in [3.8, 4) is 0 Å². The quantitative estimate of drug-likeness (QED) is 0.582. The first-order chi connectivity index (χ1) is 17.0. The van der Waals surface area contributed by atoms with Crippen molar-refractivity contribution in [2.45, 2.75) is 77.0 Å². The van der Waals surface area contributed by atoms with Gasteiger partial charge >= 0.3 is 0 Å². The molecule has 2 aromatic rings. The van der Waals surface area contributed by atoms with Gasteiger partial charge in [-0.3, -0.25) is 14.2 Å². The molecule has 1 aliphatic heterocycles. The number of fused-ring (bicyclic) bond motifs is 1. The molecule has 2 aliphatic rings. The molecule has 2 heterocycles. The summed E-state index contributed by atoms with van der Waals surface area (Å²) in [5.41, 5.74) is 1.81. The molecule has 4 rings (SSSR count). The molecule has 7 nitrogen and oxygen atoms in total. The molecular weight excluding hydrogens is 444 g/mol. The SMILES string of the molecule is CCO[C@@H]1OC(C(=O)N(C)C2CCCCC2)=C[C@H](c2cn(C(C)=O)c3ccccc23)[C@H]1CCCO. The minimum Gasteiger partial charge on any atom is -0.459 e. The van der Waals surface area contributed by atoms with Gasteiger partial charge in [0.2, 0.25) is 12.2 Å². The number of allylic oxidation sites excluding steroid dienone is 1. The van der Waals surface area contributed by atoms with Crippen LogP contribution in [0.5, 0.6) is 0 Å². The molecule has 3 atom stereocenters. The van der Waals surface area contributed by atoms with E-state index in [1.165, 1.54) is 6.42 Å². The number of likely N-dealkylation sites (N-methyl/N-ethyl adjacent to an activating group) is 1. The zero-order valence-electron chi connectivity index (χ0n) is 21.1. The number of amides is 1. The maximum absolute atomic E-state index is 13.6. The van der Waals surface area contributed by atoms with Crippen molar-refractivity contribution in [3.05, 3.63) is 47.9 Å². The molecule has 7 heteroatoms. The first kappa shape index (κ1) is 25.5. The minimum absolute atomic E-state index is 0.0647. The van der Waals surface area contributed by atoms with Gasteiger partial charge in [0.25, 0.3) is 5.91 Å². The highest BCUT2D eigenvalue weighted by Crippen LogP contribution is 2.43. The van der Waals surface area contributed by atoms with Crippen molar-refractivity contribution >= 4 is 22.7 Å². The number of aliphatic hydroxyl groups excluding tert-OH is 1. The van der Waals surface area contributed by atoms with Crippen LogP contribution < -0.4 is 0 Å². The predicted molar refractivity (Wildman–Crippen MR) is 135 cm³/mol. The van der Waals surface area contributed by atoms with E-state index in [2.05, 4.69) is 0 Å². The van der Waals surface area contributed by atoms with E-state index in [0.29, 0.717) is 25.2 Å². The average molecular weight is 483 g/mol. The molecule has 0 spiro atoms. The fourth-order valence-corrected chi connectivity index (χ4v) is 5.65. The molecule has 1 N–H and O–H groups in total. The molecule has 190 valence electrons. The highest BCUT2D eigenvalue weighted by Gasteiger charge is 2.40. The van der Waals surface area contributed by atoms with Gasteiger partial charge in [0.15, 0.2) is 5.76 Å². The predicted octanol–water partition coefficient (Wildman–Crippen LogP) is 4.84. The Morgan fingerprint density at radius 1 is 1.20 bits per heavy atom. The second kappa shape index (κ2) is 11.4. The van der Waals surface area contributed by atoms with Gasteiger partial charge in [-0.05, 0) is 50.3 Å². The Kier molecular flexibility index (Phi) is 8.29. The van der Waals surface area contributed by atoms with Crippen LogP contribution in [-0.2, 0) is 14.3 Å². The van der Waals surface area contributed by atoms with E-state index in [9.17, 15) is 14.7 Å². The third-order valence-electron chi connectivity index (χ3n) is 7.51. The van der Waals surface area contributed by atoms with Crippen LogP contribution in [0.15, 0.2) is 42.3 Å².